The number of aryl methyl sites for hydroxylation is 2. The Labute approximate surface area is 135 Å². The highest BCUT2D eigenvalue weighted by molar-refractivity contribution is 5.81. The normalized spacial score (nSPS) is 11.5. The van der Waals surface area contributed by atoms with Crippen LogP contribution in [0.4, 0.5) is 0 Å². The summed E-state index contributed by atoms with van der Waals surface area (Å²) in [4.78, 5) is 11.0. The first-order chi connectivity index (χ1) is 11.2. The van der Waals surface area contributed by atoms with Gasteiger partial charge in [0, 0.05) is 23.4 Å². The van der Waals surface area contributed by atoms with Crippen LogP contribution < -0.4 is 0 Å². The largest absolute Gasteiger partial charge is 0.298 e. The Kier molecular flexibility index (Phi) is 4.20. The molecule has 2 aromatic carbocycles. The van der Waals surface area contributed by atoms with Crippen LogP contribution >= 0.6 is 0 Å². The standard InChI is InChI=1S/C20H18N2O/c1-15-3-7-17(8-4-15)19-11-13-22(21-19)20(12-14-23)18-9-5-16(2)6-10-18/h3-14H,1-2H3/b20-12+. The summed E-state index contributed by atoms with van der Waals surface area (Å²) in [5.41, 5.74) is 6.06. The van der Waals surface area contributed by atoms with E-state index in [0.29, 0.717) is 0 Å². The van der Waals surface area contributed by atoms with Crippen LogP contribution in [0.3, 0.4) is 0 Å². The van der Waals surface area contributed by atoms with Gasteiger partial charge in [-0.2, -0.15) is 5.10 Å². The summed E-state index contributed by atoms with van der Waals surface area (Å²) in [6.45, 7) is 4.10. The van der Waals surface area contributed by atoms with E-state index >= 15 is 0 Å². The van der Waals surface area contributed by atoms with Crippen LogP contribution in [0.15, 0.2) is 66.9 Å². The number of carbonyl (C=O) groups excluding carboxylic acids is 1. The zero-order valence-electron chi connectivity index (χ0n) is 13.2. The number of allylic oxidation sites excluding steroid dienone is 1. The van der Waals surface area contributed by atoms with Crippen molar-refractivity contribution in [2.24, 2.45) is 0 Å². The molecule has 0 saturated heterocycles. The fraction of sp³-hybridized carbons (Fsp3) is 0.100. The van der Waals surface area contributed by atoms with Gasteiger partial charge in [-0.15, -0.1) is 0 Å². The Morgan fingerprint density at radius 3 is 2.13 bits per heavy atom. The first kappa shape index (κ1) is 15.0. The van der Waals surface area contributed by atoms with Crippen molar-refractivity contribution in [3.05, 3.63) is 83.6 Å². The fourth-order valence-corrected chi connectivity index (χ4v) is 2.43. The van der Waals surface area contributed by atoms with Gasteiger partial charge < -0.3 is 0 Å². The lowest BCUT2D eigenvalue weighted by atomic mass is 10.1. The molecule has 0 unspecified atom stereocenters. The predicted molar refractivity (Wildman–Crippen MR) is 93.0 cm³/mol. The van der Waals surface area contributed by atoms with Crippen molar-refractivity contribution >= 4 is 12.0 Å². The van der Waals surface area contributed by atoms with E-state index in [0.717, 1.165) is 28.8 Å². The van der Waals surface area contributed by atoms with Crippen LogP contribution in [0.5, 0.6) is 0 Å². The minimum Gasteiger partial charge on any atom is -0.298 e. The summed E-state index contributed by atoms with van der Waals surface area (Å²) in [6.07, 6.45) is 4.21. The van der Waals surface area contributed by atoms with Crippen molar-refractivity contribution in [1.29, 1.82) is 0 Å². The molecule has 0 saturated carbocycles. The van der Waals surface area contributed by atoms with E-state index in [2.05, 4.69) is 36.3 Å². The highest BCUT2D eigenvalue weighted by Gasteiger charge is 2.08. The molecule has 0 aliphatic heterocycles. The van der Waals surface area contributed by atoms with Crippen LogP contribution in [0.1, 0.15) is 16.7 Å². The topological polar surface area (TPSA) is 34.9 Å². The molecule has 0 N–H and O–H groups in total. The van der Waals surface area contributed by atoms with Crippen LogP contribution in [0, 0.1) is 13.8 Å². The molecule has 0 amide bonds. The first-order valence-corrected chi connectivity index (χ1v) is 7.53. The van der Waals surface area contributed by atoms with E-state index < -0.39 is 0 Å². The molecule has 0 fully saturated rings. The molecule has 0 radical (unpaired) electrons. The molecular weight excluding hydrogens is 284 g/mol. The minimum absolute atomic E-state index is 0.762. The zero-order valence-corrected chi connectivity index (χ0v) is 13.2. The molecular formula is C20H18N2O. The van der Waals surface area contributed by atoms with E-state index in [-0.39, 0.29) is 0 Å². The summed E-state index contributed by atoms with van der Waals surface area (Å²) in [5.74, 6) is 0. The van der Waals surface area contributed by atoms with Gasteiger partial charge in [-0.1, -0.05) is 59.7 Å². The van der Waals surface area contributed by atoms with Gasteiger partial charge in [0.05, 0.1) is 11.4 Å². The van der Waals surface area contributed by atoms with Crippen LogP contribution in [-0.4, -0.2) is 16.1 Å². The average Bonchev–Trinajstić information content (AvgIpc) is 3.04. The number of carbonyl (C=O) groups is 1. The lowest BCUT2D eigenvalue weighted by Crippen LogP contribution is -2.00. The summed E-state index contributed by atoms with van der Waals surface area (Å²) in [6, 6.07) is 18.2. The Morgan fingerprint density at radius 2 is 1.52 bits per heavy atom. The van der Waals surface area contributed by atoms with Crippen molar-refractivity contribution in [2.75, 3.05) is 0 Å². The molecule has 1 heterocycles. The molecule has 3 nitrogen and oxygen atoms in total. The van der Waals surface area contributed by atoms with Gasteiger partial charge in [-0.25, -0.2) is 4.68 Å². The Hall–Kier alpha value is -2.94. The number of benzene rings is 2. The lowest BCUT2D eigenvalue weighted by Gasteiger charge is -2.07. The predicted octanol–water partition coefficient (Wildman–Crippen LogP) is 4.26. The summed E-state index contributed by atoms with van der Waals surface area (Å²) < 4.78 is 1.74. The zero-order chi connectivity index (χ0) is 16.2. The maximum atomic E-state index is 11.0. The van der Waals surface area contributed by atoms with E-state index in [4.69, 9.17) is 0 Å². The van der Waals surface area contributed by atoms with E-state index in [1.165, 1.54) is 17.2 Å². The van der Waals surface area contributed by atoms with Gasteiger partial charge >= 0.3 is 0 Å². The quantitative estimate of drug-likeness (QED) is 0.533. The van der Waals surface area contributed by atoms with Gasteiger partial charge in [0.15, 0.2) is 0 Å². The minimum atomic E-state index is 0.762. The molecule has 3 aromatic rings. The van der Waals surface area contributed by atoms with Gasteiger partial charge in [-0.05, 0) is 19.9 Å². The van der Waals surface area contributed by atoms with Gasteiger partial charge in [-0.3, -0.25) is 4.79 Å². The van der Waals surface area contributed by atoms with Gasteiger partial charge in [0.25, 0.3) is 0 Å². The Bertz CT molecular complexity index is 840. The van der Waals surface area contributed by atoms with Crippen molar-refractivity contribution < 1.29 is 4.79 Å². The maximum Gasteiger partial charge on any atom is 0.145 e. The molecule has 1 aromatic heterocycles. The molecule has 3 heteroatoms. The average molecular weight is 302 g/mol. The highest BCUT2D eigenvalue weighted by atomic mass is 16.1. The van der Waals surface area contributed by atoms with Crippen molar-refractivity contribution in [2.45, 2.75) is 13.8 Å². The second-order valence-corrected chi connectivity index (χ2v) is 5.57. The summed E-state index contributed by atoms with van der Waals surface area (Å²) in [5, 5.41) is 4.62. The number of rotatable bonds is 4. The van der Waals surface area contributed by atoms with Crippen molar-refractivity contribution in [1.82, 2.24) is 9.78 Å². The molecule has 0 spiro atoms. The summed E-state index contributed by atoms with van der Waals surface area (Å²) >= 11 is 0. The first-order valence-electron chi connectivity index (χ1n) is 7.53. The number of hydrogen-bond acceptors (Lipinski definition) is 2. The monoisotopic (exact) mass is 302 g/mol. The molecule has 23 heavy (non-hydrogen) atoms. The number of aromatic nitrogens is 2. The van der Waals surface area contributed by atoms with Crippen LogP contribution in [-0.2, 0) is 4.79 Å². The van der Waals surface area contributed by atoms with Crippen molar-refractivity contribution in [3.8, 4) is 11.3 Å². The molecule has 0 aliphatic carbocycles. The third-order valence-electron chi connectivity index (χ3n) is 3.76. The Balaban J connectivity index is 1.99. The number of hydrogen-bond donors (Lipinski definition) is 0. The highest BCUT2D eigenvalue weighted by Crippen LogP contribution is 2.21. The van der Waals surface area contributed by atoms with Crippen LogP contribution in [0.2, 0.25) is 0 Å². The molecule has 0 atom stereocenters. The molecule has 0 bridgehead atoms. The molecule has 3 rings (SSSR count). The lowest BCUT2D eigenvalue weighted by molar-refractivity contribution is -0.104. The Morgan fingerprint density at radius 1 is 0.913 bits per heavy atom. The second kappa shape index (κ2) is 6.44. The third-order valence-corrected chi connectivity index (χ3v) is 3.76. The smallest absolute Gasteiger partial charge is 0.145 e. The second-order valence-electron chi connectivity index (χ2n) is 5.57. The van der Waals surface area contributed by atoms with Crippen LogP contribution in [0.25, 0.3) is 17.0 Å². The third kappa shape index (κ3) is 3.29. The number of nitrogens with zero attached hydrogens (tertiary/aromatic N) is 2. The fourth-order valence-electron chi connectivity index (χ4n) is 2.43. The van der Waals surface area contributed by atoms with Crippen molar-refractivity contribution in [3.63, 3.8) is 0 Å². The number of aldehydes is 1. The maximum absolute atomic E-state index is 11.0. The molecule has 114 valence electrons. The van der Waals surface area contributed by atoms with Gasteiger partial charge in [0.1, 0.15) is 6.29 Å². The van der Waals surface area contributed by atoms with E-state index in [1.807, 2.05) is 43.5 Å². The van der Waals surface area contributed by atoms with E-state index in [9.17, 15) is 4.79 Å². The molecule has 0 aliphatic rings. The van der Waals surface area contributed by atoms with E-state index in [1.54, 1.807) is 4.68 Å². The van der Waals surface area contributed by atoms with Gasteiger partial charge in [0.2, 0.25) is 0 Å². The SMILES string of the molecule is Cc1ccc(/C(=C\C=O)n2ccc(-c3ccc(C)cc3)n2)cc1. The summed E-state index contributed by atoms with van der Waals surface area (Å²) in [7, 11) is 0.